The molecule has 1 aromatic carbocycles. The molecular formula is C10H14OS. The van der Waals surface area contributed by atoms with Crippen LogP contribution in [0.4, 0.5) is 0 Å². The van der Waals surface area contributed by atoms with Gasteiger partial charge in [-0.25, -0.2) is 0 Å². The van der Waals surface area contributed by atoms with E-state index in [9.17, 15) is 0 Å². The number of rotatable bonds is 3. The molecule has 0 bridgehead atoms. The minimum atomic E-state index is 0.672. The first-order valence-electron chi connectivity index (χ1n) is 4.05. The summed E-state index contributed by atoms with van der Waals surface area (Å²) in [4.78, 5) is 0. The van der Waals surface area contributed by atoms with Crippen molar-refractivity contribution in [2.24, 2.45) is 0 Å². The van der Waals surface area contributed by atoms with Crippen LogP contribution < -0.4 is 4.74 Å². The maximum absolute atomic E-state index is 5.41. The van der Waals surface area contributed by atoms with Gasteiger partial charge in [-0.1, -0.05) is 6.07 Å². The molecule has 0 saturated heterocycles. The second-order valence-corrected chi connectivity index (χ2v) is 3.27. The van der Waals surface area contributed by atoms with Crippen LogP contribution in [0.1, 0.15) is 11.1 Å². The van der Waals surface area contributed by atoms with Crippen molar-refractivity contribution in [2.45, 2.75) is 13.8 Å². The Morgan fingerprint density at radius 2 is 2.00 bits per heavy atom. The fraction of sp³-hybridized carbons (Fsp3) is 0.400. The summed E-state index contributed by atoms with van der Waals surface area (Å²) in [6, 6.07) is 6.12. The molecule has 0 unspecified atom stereocenters. The third kappa shape index (κ3) is 2.45. The highest BCUT2D eigenvalue weighted by molar-refractivity contribution is 7.80. The van der Waals surface area contributed by atoms with E-state index in [1.165, 1.54) is 11.1 Å². The van der Waals surface area contributed by atoms with Gasteiger partial charge in [0.05, 0.1) is 6.61 Å². The van der Waals surface area contributed by atoms with Crippen molar-refractivity contribution in [2.75, 3.05) is 12.4 Å². The minimum absolute atomic E-state index is 0.672. The summed E-state index contributed by atoms with van der Waals surface area (Å²) in [5, 5.41) is 0. The average Bonchev–Trinajstić information content (AvgIpc) is 2.07. The molecule has 0 saturated carbocycles. The van der Waals surface area contributed by atoms with Crippen LogP contribution in [-0.4, -0.2) is 12.4 Å². The molecule has 0 heterocycles. The summed E-state index contributed by atoms with van der Waals surface area (Å²) >= 11 is 4.07. The molecule has 1 aromatic rings. The molecule has 2 heteroatoms. The summed E-state index contributed by atoms with van der Waals surface area (Å²) in [5.41, 5.74) is 2.57. The fourth-order valence-corrected chi connectivity index (χ4v) is 1.06. The molecule has 66 valence electrons. The Bertz CT molecular complexity index is 258. The zero-order chi connectivity index (χ0) is 8.97. The van der Waals surface area contributed by atoms with Crippen LogP contribution >= 0.6 is 12.6 Å². The van der Waals surface area contributed by atoms with E-state index in [4.69, 9.17) is 4.74 Å². The number of hydrogen-bond acceptors (Lipinski definition) is 2. The lowest BCUT2D eigenvalue weighted by Crippen LogP contribution is -1.98. The van der Waals surface area contributed by atoms with Gasteiger partial charge in [-0.3, -0.25) is 0 Å². The smallest absolute Gasteiger partial charge is 0.119 e. The minimum Gasteiger partial charge on any atom is -0.493 e. The number of hydrogen-bond donors (Lipinski definition) is 1. The summed E-state index contributed by atoms with van der Waals surface area (Å²) in [5.74, 6) is 1.69. The SMILES string of the molecule is Cc1ccc(OCCS)cc1C. The van der Waals surface area contributed by atoms with Crippen LogP contribution in [0.15, 0.2) is 18.2 Å². The molecule has 0 fully saturated rings. The number of benzene rings is 1. The summed E-state index contributed by atoms with van der Waals surface area (Å²) in [6.45, 7) is 4.85. The Morgan fingerprint density at radius 1 is 1.25 bits per heavy atom. The highest BCUT2D eigenvalue weighted by atomic mass is 32.1. The Labute approximate surface area is 79.2 Å². The molecule has 1 rings (SSSR count). The lowest BCUT2D eigenvalue weighted by molar-refractivity contribution is 0.344. The second-order valence-electron chi connectivity index (χ2n) is 2.82. The van der Waals surface area contributed by atoms with E-state index in [1.807, 2.05) is 6.07 Å². The molecule has 0 N–H and O–H groups in total. The van der Waals surface area contributed by atoms with Gasteiger partial charge in [-0.05, 0) is 37.1 Å². The molecule has 0 spiro atoms. The highest BCUT2D eigenvalue weighted by Gasteiger charge is 1.95. The molecular weight excluding hydrogens is 168 g/mol. The predicted octanol–water partition coefficient (Wildman–Crippen LogP) is 2.61. The maximum Gasteiger partial charge on any atom is 0.119 e. The Balaban J connectivity index is 2.69. The molecule has 0 aliphatic heterocycles. The topological polar surface area (TPSA) is 9.23 Å². The standard InChI is InChI=1S/C10H14OS/c1-8-3-4-10(7-9(8)2)11-5-6-12/h3-4,7,12H,5-6H2,1-2H3. The van der Waals surface area contributed by atoms with Crippen LogP contribution in [0.25, 0.3) is 0 Å². The van der Waals surface area contributed by atoms with Gasteiger partial charge in [0, 0.05) is 5.75 Å². The van der Waals surface area contributed by atoms with E-state index in [-0.39, 0.29) is 0 Å². The first-order chi connectivity index (χ1) is 5.74. The summed E-state index contributed by atoms with van der Waals surface area (Å²) in [7, 11) is 0. The van der Waals surface area contributed by atoms with Crippen molar-refractivity contribution in [3.8, 4) is 5.75 Å². The van der Waals surface area contributed by atoms with Crippen LogP contribution in [0.5, 0.6) is 5.75 Å². The second kappa shape index (κ2) is 4.41. The van der Waals surface area contributed by atoms with Crippen molar-refractivity contribution in [3.05, 3.63) is 29.3 Å². The van der Waals surface area contributed by atoms with Crippen LogP contribution in [0.2, 0.25) is 0 Å². The van der Waals surface area contributed by atoms with Gasteiger partial charge in [0.15, 0.2) is 0 Å². The summed E-state index contributed by atoms with van der Waals surface area (Å²) < 4.78 is 5.41. The lowest BCUT2D eigenvalue weighted by Gasteiger charge is -2.06. The lowest BCUT2D eigenvalue weighted by atomic mass is 10.1. The third-order valence-corrected chi connectivity index (χ3v) is 2.02. The van der Waals surface area contributed by atoms with Gasteiger partial charge >= 0.3 is 0 Å². The Morgan fingerprint density at radius 3 is 2.58 bits per heavy atom. The number of aryl methyl sites for hydroxylation is 2. The van der Waals surface area contributed by atoms with E-state index in [2.05, 4.69) is 38.6 Å². The first kappa shape index (κ1) is 9.46. The monoisotopic (exact) mass is 182 g/mol. The average molecular weight is 182 g/mol. The molecule has 0 atom stereocenters. The van der Waals surface area contributed by atoms with Crippen molar-refractivity contribution in [1.82, 2.24) is 0 Å². The van der Waals surface area contributed by atoms with Gasteiger partial charge in [-0.15, -0.1) is 0 Å². The van der Waals surface area contributed by atoms with Gasteiger partial charge < -0.3 is 4.74 Å². The molecule has 1 nitrogen and oxygen atoms in total. The van der Waals surface area contributed by atoms with Crippen LogP contribution in [0.3, 0.4) is 0 Å². The molecule has 0 amide bonds. The summed E-state index contributed by atoms with van der Waals surface area (Å²) in [6.07, 6.45) is 0. The zero-order valence-electron chi connectivity index (χ0n) is 7.50. The number of thiol groups is 1. The quantitative estimate of drug-likeness (QED) is 0.707. The van der Waals surface area contributed by atoms with E-state index in [0.29, 0.717) is 6.61 Å². The predicted molar refractivity (Wildman–Crippen MR) is 55.3 cm³/mol. The maximum atomic E-state index is 5.41. The Kier molecular flexibility index (Phi) is 3.48. The van der Waals surface area contributed by atoms with E-state index in [0.717, 1.165) is 11.5 Å². The van der Waals surface area contributed by atoms with Crippen molar-refractivity contribution >= 4 is 12.6 Å². The van der Waals surface area contributed by atoms with Gasteiger partial charge in [0.1, 0.15) is 5.75 Å². The first-order valence-corrected chi connectivity index (χ1v) is 4.68. The van der Waals surface area contributed by atoms with Crippen molar-refractivity contribution < 1.29 is 4.74 Å². The molecule has 0 aliphatic carbocycles. The highest BCUT2D eigenvalue weighted by Crippen LogP contribution is 2.16. The van der Waals surface area contributed by atoms with Crippen molar-refractivity contribution in [3.63, 3.8) is 0 Å². The number of ether oxygens (including phenoxy) is 1. The van der Waals surface area contributed by atoms with Crippen molar-refractivity contribution in [1.29, 1.82) is 0 Å². The van der Waals surface area contributed by atoms with Gasteiger partial charge in [0.2, 0.25) is 0 Å². The fourth-order valence-electron chi connectivity index (χ4n) is 0.967. The molecule has 0 aromatic heterocycles. The van der Waals surface area contributed by atoms with E-state index >= 15 is 0 Å². The molecule has 0 aliphatic rings. The zero-order valence-corrected chi connectivity index (χ0v) is 8.40. The van der Waals surface area contributed by atoms with E-state index < -0.39 is 0 Å². The van der Waals surface area contributed by atoms with Crippen LogP contribution in [0, 0.1) is 13.8 Å². The largest absolute Gasteiger partial charge is 0.493 e. The molecule has 12 heavy (non-hydrogen) atoms. The van der Waals surface area contributed by atoms with Crippen LogP contribution in [-0.2, 0) is 0 Å². The van der Waals surface area contributed by atoms with E-state index in [1.54, 1.807) is 0 Å². The van der Waals surface area contributed by atoms with Gasteiger partial charge in [0.25, 0.3) is 0 Å². The third-order valence-electron chi connectivity index (χ3n) is 1.84. The van der Waals surface area contributed by atoms with Gasteiger partial charge in [-0.2, -0.15) is 12.6 Å². The Hall–Kier alpha value is -0.630. The normalized spacial score (nSPS) is 9.92. The molecule has 0 radical (unpaired) electrons.